The summed E-state index contributed by atoms with van der Waals surface area (Å²) in [5.74, 6) is 0.626. The van der Waals surface area contributed by atoms with E-state index in [1.54, 1.807) is 11.9 Å². The molecule has 0 bridgehead atoms. The molecule has 0 saturated heterocycles. The van der Waals surface area contributed by atoms with Gasteiger partial charge >= 0.3 is 0 Å². The summed E-state index contributed by atoms with van der Waals surface area (Å²) in [5, 5.41) is 3.36. The highest BCUT2D eigenvalue weighted by Crippen LogP contribution is 2.33. The van der Waals surface area contributed by atoms with Gasteiger partial charge in [0.05, 0.1) is 5.69 Å². The van der Waals surface area contributed by atoms with Gasteiger partial charge in [-0.3, -0.25) is 4.79 Å². The number of carbonyl (C=O) groups excluding carboxylic acids is 1. The molecule has 2 rings (SSSR count). The van der Waals surface area contributed by atoms with Gasteiger partial charge in [0, 0.05) is 20.1 Å². The van der Waals surface area contributed by atoms with Gasteiger partial charge in [0.15, 0.2) is 0 Å². The lowest BCUT2D eigenvalue weighted by molar-refractivity contribution is -0.113. The fraction of sp³-hybridized carbons (Fsp3) is 0.471. The van der Waals surface area contributed by atoms with E-state index in [1.807, 2.05) is 20.2 Å². The molecule has 22 heavy (non-hydrogen) atoms. The lowest BCUT2D eigenvalue weighted by Gasteiger charge is -2.25. The molecule has 0 fully saturated rings. The van der Waals surface area contributed by atoms with Crippen LogP contribution in [-0.4, -0.2) is 51.6 Å². The third-order valence-corrected chi connectivity index (χ3v) is 3.83. The molecule has 0 radical (unpaired) electrons. The zero-order valence-electron chi connectivity index (χ0n) is 13.7. The summed E-state index contributed by atoms with van der Waals surface area (Å²) >= 11 is 0. The molecule has 1 aromatic rings. The lowest BCUT2D eigenvalue weighted by atomic mass is 9.99. The van der Waals surface area contributed by atoms with Crippen molar-refractivity contribution in [3.05, 3.63) is 35.9 Å². The summed E-state index contributed by atoms with van der Waals surface area (Å²) in [6.45, 7) is 6.79. The topological polar surface area (TPSA) is 44.8 Å². The monoisotopic (exact) mass is 303 g/mol. The third kappa shape index (κ3) is 3.87. The predicted octanol–water partition coefficient (Wildman–Crippen LogP) is 1.42. The molecule has 1 heterocycles. The second kappa shape index (κ2) is 7.42. The van der Waals surface area contributed by atoms with E-state index in [-0.39, 0.29) is 5.91 Å². The van der Waals surface area contributed by atoms with Crippen LogP contribution in [0.4, 0.5) is 5.69 Å². The Morgan fingerprint density at radius 3 is 2.82 bits per heavy atom. The van der Waals surface area contributed by atoms with E-state index in [9.17, 15) is 4.79 Å². The zero-order chi connectivity index (χ0) is 16.1. The molecule has 0 spiro atoms. The predicted molar refractivity (Wildman–Crippen MR) is 89.5 cm³/mol. The highest BCUT2D eigenvalue weighted by atomic mass is 16.5. The molecule has 120 valence electrons. The fourth-order valence-electron chi connectivity index (χ4n) is 2.47. The van der Waals surface area contributed by atoms with E-state index in [0.717, 1.165) is 37.5 Å². The molecular formula is C17H25N3O2. The van der Waals surface area contributed by atoms with Crippen LogP contribution in [-0.2, 0) is 17.8 Å². The summed E-state index contributed by atoms with van der Waals surface area (Å²) < 4.78 is 5.94. The summed E-state index contributed by atoms with van der Waals surface area (Å²) in [4.78, 5) is 15.6. The number of nitrogens with one attached hydrogen (secondary N) is 1. The maximum Gasteiger partial charge on any atom is 0.250 e. The van der Waals surface area contributed by atoms with Gasteiger partial charge < -0.3 is 19.9 Å². The van der Waals surface area contributed by atoms with Gasteiger partial charge in [-0.15, -0.1) is 0 Å². The summed E-state index contributed by atoms with van der Waals surface area (Å²) in [7, 11) is 5.77. The van der Waals surface area contributed by atoms with Crippen LogP contribution in [0.5, 0.6) is 5.75 Å². The molecular weight excluding hydrogens is 278 g/mol. The first-order valence-electron chi connectivity index (χ1n) is 7.57. The number of anilines is 1. The Labute approximate surface area is 132 Å². The van der Waals surface area contributed by atoms with E-state index in [4.69, 9.17) is 4.74 Å². The molecule has 1 N–H and O–H groups in total. The van der Waals surface area contributed by atoms with Gasteiger partial charge in [-0.05, 0) is 56.4 Å². The minimum atomic E-state index is -0.138. The number of benzene rings is 1. The SMILES string of the molecule is C=CC(=O)N(C)c1cc2c(cc1OCCN(C)C)CCNC2. The highest BCUT2D eigenvalue weighted by Gasteiger charge is 2.18. The molecule has 0 aromatic heterocycles. The van der Waals surface area contributed by atoms with Crippen molar-refractivity contribution in [3.63, 3.8) is 0 Å². The molecule has 5 nitrogen and oxygen atoms in total. The van der Waals surface area contributed by atoms with Gasteiger partial charge in [-0.25, -0.2) is 0 Å². The van der Waals surface area contributed by atoms with Gasteiger partial charge in [0.1, 0.15) is 12.4 Å². The van der Waals surface area contributed by atoms with Crippen LogP contribution in [0.25, 0.3) is 0 Å². The van der Waals surface area contributed by atoms with Crippen LogP contribution in [0.15, 0.2) is 24.8 Å². The third-order valence-electron chi connectivity index (χ3n) is 3.83. The number of nitrogens with zero attached hydrogens (tertiary/aromatic N) is 2. The Morgan fingerprint density at radius 1 is 1.36 bits per heavy atom. The van der Waals surface area contributed by atoms with E-state index in [2.05, 4.69) is 22.9 Å². The van der Waals surface area contributed by atoms with E-state index >= 15 is 0 Å². The van der Waals surface area contributed by atoms with E-state index in [1.165, 1.54) is 17.2 Å². The Balaban J connectivity index is 2.30. The molecule has 1 aromatic carbocycles. The van der Waals surface area contributed by atoms with Crippen molar-refractivity contribution in [1.82, 2.24) is 10.2 Å². The Kier molecular flexibility index (Phi) is 5.57. The first-order valence-corrected chi connectivity index (χ1v) is 7.57. The van der Waals surface area contributed by atoms with E-state index in [0.29, 0.717) is 6.61 Å². The Hall–Kier alpha value is -1.85. The molecule has 0 aliphatic carbocycles. The molecule has 5 heteroatoms. The van der Waals surface area contributed by atoms with Crippen LogP contribution in [0.3, 0.4) is 0 Å². The Bertz CT molecular complexity index is 555. The number of carbonyl (C=O) groups is 1. The van der Waals surface area contributed by atoms with Crippen LogP contribution in [0, 0.1) is 0 Å². The Morgan fingerprint density at radius 2 is 2.14 bits per heavy atom. The van der Waals surface area contributed by atoms with Gasteiger partial charge in [-0.1, -0.05) is 6.58 Å². The summed E-state index contributed by atoms with van der Waals surface area (Å²) in [5.41, 5.74) is 3.32. The first kappa shape index (κ1) is 16.5. The van der Waals surface area contributed by atoms with Crippen molar-refractivity contribution in [3.8, 4) is 5.75 Å². The standard InChI is InChI=1S/C17H25N3O2/c1-5-17(21)20(4)15-10-14-12-18-7-6-13(14)11-16(15)22-9-8-19(2)3/h5,10-11,18H,1,6-9,12H2,2-4H3. The lowest BCUT2D eigenvalue weighted by Crippen LogP contribution is -2.28. The first-order chi connectivity index (χ1) is 10.5. The van der Waals surface area contributed by atoms with Crippen LogP contribution >= 0.6 is 0 Å². The van der Waals surface area contributed by atoms with Crippen molar-refractivity contribution < 1.29 is 9.53 Å². The number of hydrogen-bond donors (Lipinski definition) is 1. The maximum absolute atomic E-state index is 11.9. The van der Waals surface area contributed by atoms with Crippen molar-refractivity contribution in [2.24, 2.45) is 0 Å². The van der Waals surface area contributed by atoms with Crippen molar-refractivity contribution in [2.75, 3.05) is 45.7 Å². The number of amides is 1. The second-order valence-corrected chi connectivity index (χ2v) is 5.77. The smallest absolute Gasteiger partial charge is 0.250 e. The molecule has 1 aliphatic rings. The molecule has 0 unspecified atom stereocenters. The second-order valence-electron chi connectivity index (χ2n) is 5.77. The number of likely N-dealkylation sites (N-methyl/N-ethyl adjacent to an activating group) is 2. The maximum atomic E-state index is 11.9. The van der Waals surface area contributed by atoms with E-state index < -0.39 is 0 Å². The fourth-order valence-corrected chi connectivity index (χ4v) is 2.47. The molecule has 0 atom stereocenters. The largest absolute Gasteiger partial charge is 0.490 e. The molecule has 1 amide bonds. The number of hydrogen-bond acceptors (Lipinski definition) is 4. The quantitative estimate of drug-likeness (QED) is 0.807. The van der Waals surface area contributed by atoms with Crippen LogP contribution in [0.2, 0.25) is 0 Å². The molecule has 0 saturated carbocycles. The number of rotatable bonds is 6. The molecule has 1 aliphatic heterocycles. The minimum Gasteiger partial charge on any atom is -0.490 e. The average Bonchev–Trinajstić information content (AvgIpc) is 2.52. The van der Waals surface area contributed by atoms with Gasteiger partial charge in [-0.2, -0.15) is 0 Å². The van der Waals surface area contributed by atoms with Crippen LogP contribution in [0.1, 0.15) is 11.1 Å². The van der Waals surface area contributed by atoms with Crippen LogP contribution < -0.4 is 15.0 Å². The summed E-state index contributed by atoms with van der Waals surface area (Å²) in [6.07, 6.45) is 2.31. The average molecular weight is 303 g/mol. The minimum absolute atomic E-state index is 0.138. The van der Waals surface area contributed by atoms with Crippen molar-refractivity contribution >= 4 is 11.6 Å². The summed E-state index contributed by atoms with van der Waals surface area (Å²) in [6, 6.07) is 4.13. The zero-order valence-corrected chi connectivity index (χ0v) is 13.7. The number of fused-ring (bicyclic) bond motifs is 1. The van der Waals surface area contributed by atoms with Gasteiger partial charge in [0.25, 0.3) is 0 Å². The highest BCUT2D eigenvalue weighted by molar-refractivity contribution is 6.01. The van der Waals surface area contributed by atoms with Crippen molar-refractivity contribution in [2.45, 2.75) is 13.0 Å². The van der Waals surface area contributed by atoms with Crippen molar-refractivity contribution in [1.29, 1.82) is 0 Å². The van der Waals surface area contributed by atoms with Gasteiger partial charge in [0.2, 0.25) is 5.91 Å². The number of ether oxygens (including phenoxy) is 1. The normalized spacial score (nSPS) is 13.6.